The van der Waals surface area contributed by atoms with E-state index < -0.39 is 18.5 Å². The summed E-state index contributed by atoms with van der Waals surface area (Å²) in [5, 5.41) is 6.45. The van der Waals surface area contributed by atoms with Crippen LogP contribution in [-0.4, -0.2) is 35.7 Å². The van der Waals surface area contributed by atoms with Crippen LogP contribution in [-0.2, 0) is 20.7 Å². The molecule has 0 radical (unpaired) electrons. The molecule has 3 aromatic rings. The van der Waals surface area contributed by atoms with Crippen molar-refractivity contribution in [2.24, 2.45) is 0 Å². The summed E-state index contributed by atoms with van der Waals surface area (Å²) in [5.74, 6) is -0.389. The van der Waals surface area contributed by atoms with Crippen molar-refractivity contribution >= 4 is 17.6 Å². The maximum absolute atomic E-state index is 13.0. The molecule has 8 nitrogen and oxygen atoms in total. The summed E-state index contributed by atoms with van der Waals surface area (Å²) in [6.45, 7) is 1.45. The van der Waals surface area contributed by atoms with Crippen molar-refractivity contribution in [3.8, 4) is 17.1 Å². The Balaban J connectivity index is 1.46. The van der Waals surface area contributed by atoms with Crippen LogP contribution in [0.25, 0.3) is 11.4 Å². The van der Waals surface area contributed by atoms with Crippen molar-refractivity contribution in [2.75, 3.05) is 19.0 Å². The van der Waals surface area contributed by atoms with Crippen LogP contribution in [0.1, 0.15) is 17.9 Å². The number of nitrogens with one attached hydrogen (secondary N) is 1. The Morgan fingerprint density at radius 1 is 1.17 bits per heavy atom. The standard InChI is InChI=1S/C21H20FN3O5/c1-13-3-8-17(28-2)16(11-13)23-18(26)12-29-20(27)10-9-19-24-21(25-30-19)14-4-6-15(22)7-5-14/h3-8,11H,9-10,12H2,1-2H3,(H,23,26). The number of halogens is 1. The first kappa shape index (κ1) is 21.0. The molecule has 9 heteroatoms. The molecular formula is C21H20FN3O5. The average Bonchev–Trinajstić information content (AvgIpc) is 3.20. The molecule has 0 aliphatic carbocycles. The van der Waals surface area contributed by atoms with E-state index in [1.54, 1.807) is 12.1 Å². The van der Waals surface area contributed by atoms with Gasteiger partial charge in [0.2, 0.25) is 11.7 Å². The second-order valence-corrected chi connectivity index (χ2v) is 6.43. The third-order valence-electron chi connectivity index (χ3n) is 4.11. The van der Waals surface area contributed by atoms with Crippen LogP contribution < -0.4 is 10.1 Å². The third-order valence-corrected chi connectivity index (χ3v) is 4.11. The summed E-state index contributed by atoms with van der Waals surface area (Å²) >= 11 is 0. The first-order valence-corrected chi connectivity index (χ1v) is 9.13. The normalized spacial score (nSPS) is 10.5. The molecule has 1 heterocycles. The van der Waals surface area contributed by atoms with E-state index in [2.05, 4.69) is 15.5 Å². The number of benzene rings is 2. The van der Waals surface area contributed by atoms with Gasteiger partial charge >= 0.3 is 5.97 Å². The number of rotatable bonds is 8. The van der Waals surface area contributed by atoms with E-state index in [1.165, 1.54) is 31.4 Å². The number of hydrogen-bond donors (Lipinski definition) is 1. The number of carbonyl (C=O) groups excluding carboxylic acids is 2. The van der Waals surface area contributed by atoms with Crippen LogP contribution in [0.5, 0.6) is 5.75 Å². The molecule has 0 atom stereocenters. The molecule has 30 heavy (non-hydrogen) atoms. The van der Waals surface area contributed by atoms with Gasteiger partial charge in [-0.2, -0.15) is 4.98 Å². The lowest BCUT2D eigenvalue weighted by Crippen LogP contribution is -2.21. The van der Waals surface area contributed by atoms with Crippen LogP contribution in [0.15, 0.2) is 47.0 Å². The lowest BCUT2D eigenvalue weighted by atomic mass is 10.2. The fourth-order valence-corrected chi connectivity index (χ4v) is 2.61. The second kappa shape index (κ2) is 9.64. The van der Waals surface area contributed by atoms with Gasteiger partial charge in [-0.05, 0) is 48.9 Å². The fraction of sp³-hybridized carbons (Fsp3) is 0.238. The zero-order valence-corrected chi connectivity index (χ0v) is 16.5. The Bertz CT molecular complexity index is 1030. The summed E-state index contributed by atoms with van der Waals surface area (Å²) in [7, 11) is 1.50. The van der Waals surface area contributed by atoms with Crippen molar-refractivity contribution in [2.45, 2.75) is 19.8 Å². The number of anilines is 1. The highest BCUT2D eigenvalue weighted by Gasteiger charge is 2.14. The van der Waals surface area contributed by atoms with Crippen LogP contribution in [0.4, 0.5) is 10.1 Å². The van der Waals surface area contributed by atoms with E-state index in [9.17, 15) is 14.0 Å². The van der Waals surface area contributed by atoms with Crippen LogP contribution >= 0.6 is 0 Å². The molecular weight excluding hydrogens is 393 g/mol. The van der Waals surface area contributed by atoms with Crippen LogP contribution in [0, 0.1) is 12.7 Å². The lowest BCUT2D eigenvalue weighted by Gasteiger charge is -2.11. The highest BCUT2D eigenvalue weighted by molar-refractivity contribution is 5.94. The van der Waals surface area contributed by atoms with Crippen molar-refractivity contribution in [3.05, 3.63) is 59.7 Å². The van der Waals surface area contributed by atoms with Crippen molar-refractivity contribution in [1.82, 2.24) is 10.1 Å². The summed E-state index contributed by atoms with van der Waals surface area (Å²) in [6, 6.07) is 11.0. The van der Waals surface area contributed by atoms with Gasteiger partial charge in [0, 0.05) is 12.0 Å². The van der Waals surface area contributed by atoms with Crippen LogP contribution in [0.2, 0.25) is 0 Å². The molecule has 0 bridgehead atoms. The average molecular weight is 413 g/mol. The van der Waals surface area contributed by atoms with Gasteiger partial charge in [-0.15, -0.1) is 0 Å². The first-order chi connectivity index (χ1) is 14.4. The van der Waals surface area contributed by atoms with E-state index in [0.29, 0.717) is 22.8 Å². The van der Waals surface area contributed by atoms with Gasteiger partial charge in [-0.3, -0.25) is 9.59 Å². The molecule has 1 amide bonds. The highest BCUT2D eigenvalue weighted by atomic mass is 19.1. The van der Waals surface area contributed by atoms with Crippen LogP contribution in [0.3, 0.4) is 0 Å². The monoisotopic (exact) mass is 413 g/mol. The van der Waals surface area contributed by atoms with Gasteiger partial charge in [0.1, 0.15) is 11.6 Å². The number of esters is 1. The molecule has 0 fully saturated rings. The zero-order valence-electron chi connectivity index (χ0n) is 16.5. The molecule has 1 N–H and O–H groups in total. The van der Waals surface area contributed by atoms with Gasteiger partial charge < -0.3 is 19.3 Å². The smallest absolute Gasteiger partial charge is 0.306 e. The van der Waals surface area contributed by atoms with E-state index in [1.807, 2.05) is 13.0 Å². The van der Waals surface area contributed by atoms with Crippen molar-refractivity contribution in [3.63, 3.8) is 0 Å². The first-order valence-electron chi connectivity index (χ1n) is 9.13. The topological polar surface area (TPSA) is 104 Å². The molecule has 0 saturated heterocycles. The molecule has 0 unspecified atom stereocenters. The minimum Gasteiger partial charge on any atom is -0.495 e. The SMILES string of the molecule is COc1ccc(C)cc1NC(=O)COC(=O)CCc1nc(-c2ccc(F)cc2)no1. The van der Waals surface area contributed by atoms with E-state index in [-0.39, 0.29) is 24.5 Å². The number of hydrogen-bond acceptors (Lipinski definition) is 7. The molecule has 0 spiro atoms. The molecule has 0 aliphatic heterocycles. The van der Waals surface area contributed by atoms with Gasteiger partial charge in [-0.1, -0.05) is 11.2 Å². The fourth-order valence-electron chi connectivity index (χ4n) is 2.61. The number of carbonyl (C=O) groups is 2. The molecule has 1 aromatic heterocycles. The lowest BCUT2D eigenvalue weighted by molar-refractivity contribution is -0.147. The predicted molar refractivity (Wildman–Crippen MR) is 105 cm³/mol. The predicted octanol–water partition coefficient (Wildman–Crippen LogP) is 3.31. The molecule has 0 saturated carbocycles. The Morgan fingerprint density at radius 3 is 2.67 bits per heavy atom. The van der Waals surface area contributed by atoms with E-state index >= 15 is 0 Å². The number of methoxy groups -OCH3 is 1. The third kappa shape index (κ3) is 5.63. The Hall–Kier alpha value is -3.75. The van der Waals surface area contributed by atoms with Gasteiger partial charge in [0.25, 0.3) is 5.91 Å². The minimum absolute atomic E-state index is 0.0356. The summed E-state index contributed by atoms with van der Waals surface area (Å²) in [5.41, 5.74) is 2.04. The quantitative estimate of drug-likeness (QED) is 0.565. The number of aryl methyl sites for hydroxylation is 2. The van der Waals surface area contributed by atoms with Gasteiger partial charge in [-0.25, -0.2) is 4.39 Å². The highest BCUT2D eigenvalue weighted by Crippen LogP contribution is 2.25. The van der Waals surface area contributed by atoms with Crippen molar-refractivity contribution < 1.29 is 28.0 Å². The maximum atomic E-state index is 13.0. The van der Waals surface area contributed by atoms with Gasteiger partial charge in [0.05, 0.1) is 19.2 Å². The Kier molecular flexibility index (Phi) is 6.74. The zero-order chi connectivity index (χ0) is 21.5. The second-order valence-electron chi connectivity index (χ2n) is 6.43. The number of aromatic nitrogens is 2. The number of ether oxygens (including phenoxy) is 2. The molecule has 156 valence electrons. The molecule has 0 aliphatic rings. The number of amides is 1. The number of nitrogens with zero attached hydrogens (tertiary/aromatic N) is 2. The van der Waals surface area contributed by atoms with E-state index in [4.69, 9.17) is 14.0 Å². The molecule has 3 rings (SSSR count). The Morgan fingerprint density at radius 2 is 1.93 bits per heavy atom. The summed E-state index contributed by atoms with van der Waals surface area (Å²) in [6.07, 6.45) is 0.118. The minimum atomic E-state index is -0.581. The Labute approximate surface area is 172 Å². The largest absolute Gasteiger partial charge is 0.495 e. The molecule has 2 aromatic carbocycles. The maximum Gasteiger partial charge on any atom is 0.306 e. The van der Waals surface area contributed by atoms with E-state index in [0.717, 1.165) is 5.56 Å². The summed E-state index contributed by atoms with van der Waals surface area (Å²) < 4.78 is 28.2. The van der Waals surface area contributed by atoms with Crippen molar-refractivity contribution in [1.29, 1.82) is 0 Å². The van der Waals surface area contributed by atoms with Gasteiger partial charge in [0.15, 0.2) is 6.61 Å². The summed E-state index contributed by atoms with van der Waals surface area (Å²) in [4.78, 5) is 28.1.